The average Bonchev–Trinajstić information content (AvgIpc) is 2.83. The molecule has 20 heavy (non-hydrogen) atoms. The Balaban J connectivity index is 2.40. The monoisotopic (exact) mass is 290 g/mol. The summed E-state index contributed by atoms with van der Waals surface area (Å²) in [6, 6.07) is 4.91. The molecular weight excluding hydrogens is 280 g/mol. The third kappa shape index (κ3) is 1.77. The van der Waals surface area contributed by atoms with Crippen molar-refractivity contribution in [3.05, 3.63) is 56.5 Å². The fourth-order valence-electron chi connectivity index (χ4n) is 2.12. The summed E-state index contributed by atoms with van der Waals surface area (Å²) in [5, 5.41) is 0.547. The minimum Gasteiger partial charge on any atom is -0.297 e. The number of imidazole rings is 1. The minimum atomic E-state index is -0.385. The first-order valence-corrected chi connectivity index (χ1v) is 6.27. The Labute approximate surface area is 118 Å². The van der Waals surface area contributed by atoms with Crippen LogP contribution in [0.15, 0.2) is 40.2 Å². The fourth-order valence-corrected chi connectivity index (χ4v) is 2.28. The van der Waals surface area contributed by atoms with Gasteiger partial charge in [-0.3, -0.25) is 18.3 Å². The molecule has 0 saturated carbocycles. The summed E-state index contributed by atoms with van der Waals surface area (Å²) < 4.78 is 4.21. The molecule has 3 aromatic rings. The van der Waals surface area contributed by atoms with Crippen molar-refractivity contribution in [1.29, 1.82) is 0 Å². The Kier molecular flexibility index (Phi) is 2.76. The number of halogens is 1. The van der Waals surface area contributed by atoms with Crippen LogP contribution in [0.25, 0.3) is 17.0 Å². The molecule has 7 heteroatoms. The zero-order valence-electron chi connectivity index (χ0n) is 10.9. The Hall–Kier alpha value is -2.34. The molecule has 0 atom stereocenters. The molecule has 102 valence electrons. The summed E-state index contributed by atoms with van der Waals surface area (Å²) >= 11 is 5.98. The van der Waals surface area contributed by atoms with Gasteiger partial charge in [-0.05, 0) is 12.1 Å². The maximum atomic E-state index is 12.0. The van der Waals surface area contributed by atoms with E-state index in [9.17, 15) is 9.59 Å². The second-order valence-electron chi connectivity index (χ2n) is 4.49. The van der Waals surface area contributed by atoms with Crippen LogP contribution in [0.4, 0.5) is 0 Å². The summed E-state index contributed by atoms with van der Waals surface area (Å²) in [6.45, 7) is 0. The lowest BCUT2D eigenvalue weighted by atomic mass is 10.3. The SMILES string of the molecule is Cn1c(-c2cnc3ccc(Cl)cn23)cc(=O)n(C)c1=O. The Morgan fingerprint density at radius 1 is 1.10 bits per heavy atom. The molecular formula is C13H11ClN4O2. The highest BCUT2D eigenvalue weighted by Crippen LogP contribution is 2.20. The Morgan fingerprint density at radius 3 is 2.60 bits per heavy atom. The predicted molar refractivity (Wildman–Crippen MR) is 76.1 cm³/mol. The van der Waals surface area contributed by atoms with Crippen molar-refractivity contribution in [2.75, 3.05) is 0 Å². The molecule has 0 aliphatic rings. The van der Waals surface area contributed by atoms with Crippen LogP contribution in [0.5, 0.6) is 0 Å². The number of hydrogen-bond acceptors (Lipinski definition) is 3. The smallest absolute Gasteiger partial charge is 0.297 e. The number of rotatable bonds is 1. The molecule has 0 amide bonds. The van der Waals surface area contributed by atoms with Gasteiger partial charge in [0.2, 0.25) is 0 Å². The topological polar surface area (TPSA) is 61.3 Å². The van der Waals surface area contributed by atoms with Crippen molar-refractivity contribution in [2.45, 2.75) is 0 Å². The van der Waals surface area contributed by atoms with Gasteiger partial charge in [-0.1, -0.05) is 11.6 Å². The lowest BCUT2D eigenvalue weighted by molar-refractivity contribution is 0.690. The highest BCUT2D eigenvalue weighted by Gasteiger charge is 2.12. The van der Waals surface area contributed by atoms with E-state index in [-0.39, 0.29) is 11.2 Å². The van der Waals surface area contributed by atoms with Crippen molar-refractivity contribution in [2.24, 2.45) is 14.1 Å². The van der Waals surface area contributed by atoms with Crippen molar-refractivity contribution in [1.82, 2.24) is 18.5 Å². The molecule has 0 aliphatic carbocycles. The molecule has 3 rings (SSSR count). The zero-order valence-corrected chi connectivity index (χ0v) is 11.6. The molecule has 0 radical (unpaired) electrons. The molecule has 0 N–H and O–H groups in total. The van der Waals surface area contributed by atoms with E-state index >= 15 is 0 Å². The van der Waals surface area contributed by atoms with Crippen LogP contribution < -0.4 is 11.2 Å². The predicted octanol–water partition coefficient (Wildman–Crippen LogP) is 1.05. The van der Waals surface area contributed by atoms with Gasteiger partial charge >= 0.3 is 5.69 Å². The third-order valence-electron chi connectivity index (χ3n) is 3.26. The van der Waals surface area contributed by atoms with Crippen molar-refractivity contribution in [3.8, 4) is 11.4 Å². The lowest BCUT2D eigenvalue weighted by Crippen LogP contribution is -2.37. The normalized spacial score (nSPS) is 11.2. The molecule has 0 bridgehead atoms. The first-order valence-electron chi connectivity index (χ1n) is 5.89. The summed E-state index contributed by atoms with van der Waals surface area (Å²) in [5.41, 5.74) is 1.08. The van der Waals surface area contributed by atoms with Crippen LogP contribution in [0.1, 0.15) is 0 Å². The summed E-state index contributed by atoms with van der Waals surface area (Å²) in [7, 11) is 3.06. The highest BCUT2D eigenvalue weighted by molar-refractivity contribution is 6.30. The van der Waals surface area contributed by atoms with Crippen LogP contribution in [0.3, 0.4) is 0 Å². The van der Waals surface area contributed by atoms with Gasteiger partial charge in [-0.15, -0.1) is 0 Å². The van der Waals surface area contributed by atoms with E-state index in [0.717, 1.165) is 4.57 Å². The third-order valence-corrected chi connectivity index (χ3v) is 3.48. The van der Waals surface area contributed by atoms with Crippen molar-refractivity contribution >= 4 is 17.2 Å². The minimum absolute atomic E-state index is 0.361. The summed E-state index contributed by atoms with van der Waals surface area (Å²) in [6.07, 6.45) is 3.31. The highest BCUT2D eigenvalue weighted by atomic mass is 35.5. The van der Waals surface area contributed by atoms with Crippen molar-refractivity contribution < 1.29 is 0 Å². The fraction of sp³-hybridized carbons (Fsp3) is 0.154. The van der Waals surface area contributed by atoms with Gasteiger partial charge in [0.25, 0.3) is 5.56 Å². The number of hydrogen-bond donors (Lipinski definition) is 0. The number of aromatic nitrogens is 4. The summed E-state index contributed by atoms with van der Waals surface area (Å²) in [5.74, 6) is 0. The number of fused-ring (bicyclic) bond motifs is 1. The molecule has 6 nitrogen and oxygen atoms in total. The van der Waals surface area contributed by atoms with E-state index in [2.05, 4.69) is 4.98 Å². The first-order chi connectivity index (χ1) is 9.49. The van der Waals surface area contributed by atoms with E-state index in [4.69, 9.17) is 11.6 Å². The molecule has 0 fully saturated rings. The molecule has 3 aromatic heterocycles. The second kappa shape index (κ2) is 4.35. The summed E-state index contributed by atoms with van der Waals surface area (Å²) in [4.78, 5) is 28.0. The largest absolute Gasteiger partial charge is 0.330 e. The van der Waals surface area contributed by atoms with E-state index in [1.165, 1.54) is 17.7 Å². The maximum Gasteiger partial charge on any atom is 0.330 e. The molecule has 0 spiro atoms. The zero-order chi connectivity index (χ0) is 14.4. The number of nitrogens with zero attached hydrogens (tertiary/aromatic N) is 4. The Morgan fingerprint density at radius 2 is 1.85 bits per heavy atom. The van der Waals surface area contributed by atoms with E-state index < -0.39 is 0 Å². The molecule has 0 aromatic carbocycles. The molecule has 0 saturated heterocycles. The first kappa shape index (κ1) is 12.7. The quantitative estimate of drug-likeness (QED) is 0.673. The van der Waals surface area contributed by atoms with Gasteiger partial charge in [-0.2, -0.15) is 0 Å². The van der Waals surface area contributed by atoms with E-state index in [1.54, 1.807) is 36.0 Å². The number of pyridine rings is 1. The lowest BCUT2D eigenvalue weighted by Gasteiger charge is -2.09. The van der Waals surface area contributed by atoms with Gasteiger partial charge in [0.05, 0.1) is 22.6 Å². The average molecular weight is 291 g/mol. The van der Waals surface area contributed by atoms with Crippen LogP contribution >= 0.6 is 11.6 Å². The Bertz CT molecular complexity index is 936. The molecule has 0 aliphatic heterocycles. The molecule has 3 heterocycles. The standard InChI is InChI=1S/C13H11ClN4O2/c1-16-9(5-12(19)17(2)13(16)20)10-6-15-11-4-3-8(14)7-18(10)11/h3-7H,1-2H3. The van der Waals surface area contributed by atoms with Crippen LogP contribution in [-0.2, 0) is 14.1 Å². The van der Waals surface area contributed by atoms with Crippen LogP contribution in [0.2, 0.25) is 5.02 Å². The van der Waals surface area contributed by atoms with Gasteiger partial charge in [0.1, 0.15) is 5.65 Å². The van der Waals surface area contributed by atoms with Crippen LogP contribution in [-0.4, -0.2) is 18.5 Å². The van der Waals surface area contributed by atoms with Crippen molar-refractivity contribution in [3.63, 3.8) is 0 Å². The maximum absolute atomic E-state index is 12.0. The van der Waals surface area contributed by atoms with Gasteiger partial charge in [-0.25, -0.2) is 9.78 Å². The van der Waals surface area contributed by atoms with Gasteiger partial charge in [0, 0.05) is 26.4 Å². The van der Waals surface area contributed by atoms with Gasteiger partial charge < -0.3 is 0 Å². The van der Waals surface area contributed by atoms with Gasteiger partial charge in [0.15, 0.2) is 0 Å². The van der Waals surface area contributed by atoms with E-state index in [1.807, 2.05) is 0 Å². The van der Waals surface area contributed by atoms with Crippen LogP contribution in [0, 0.1) is 0 Å². The van der Waals surface area contributed by atoms with E-state index in [0.29, 0.717) is 22.1 Å². The second-order valence-corrected chi connectivity index (χ2v) is 4.92. The molecule has 0 unspecified atom stereocenters.